The van der Waals surface area contributed by atoms with Gasteiger partial charge in [-0.25, -0.2) is 4.98 Å². The zero-order valence-corrected chi connectivity index (χ0v) is 10.5. The Morgan fingerprint density at radius 1 is 1.47 bits per heavy atom. The van der Waals surface area contributed by atoms with Crippen LogP contribution in [0.1, 0.15) is 18.1 Å². The summed E-state index contributed by atoms with van der Waals surface area (Å²) in [7, 11) is 1.61. The third kappa shape index (κ3) is 4.87. The minimum Gasteiger partial charge on any atom is -0.388 e. The van der Waals surface area contributed by atoms with E-state index in [0.717, 1.165) is 0 Å². The van der Waals surface area contributed by atoms with Crippen LogP contribution in [0.25, 0.3) is 0 Å². The second kappa shape index (κ2) is 7.45. The number of methoxy groups -OCH3 is 1. The fraction of sp³-hybridized carbons (Fsp3) is 0.545. The lowest BCUT2D eigenvalue weighted by Crippen LogP contribution is -2.09. The molecule has 1 aromatic heterocycles. The fourth-order valence-corrected chi connectivity index (χ4v) is 1.49. The van der Waals surface area contributed by atoms with Crippen molar-refractivity contribution in [1.82, 2.24) is 4.98 Å². The summed E-state index contributed by atoms with van der Waals surface area (Å²) in [5.41, 5.74) is 6.19. The van der Waals surface area contributed by atoms with Gasteiger partial charge in [0.1, 0.15) is 5.82 Å². The van der Waals surface area contributed by atoms with Crippen LogP contribution in [0.3, 0.4) is 0 Å². The average molecular weight is 261 g/mol. The number of halogens is 1. The Morgan fingerprint density at radius 2 is 2.24 bits per heavy atom. The minimum absolute atomic E-state index is 0.291. The molecule has 17 heavy (non-hydrogen) atoms. The van der Waals surface area contributed by atoms with Gasteiger partial charge in [0.25, 0.3) is 0 Å². The lowest BCUT2D eigenvalue weighted by atomic mass is 10.1. The number of anilines is 1. The molecular weight excluding hydrogens is 244 g/mol. The molecule has 0 fully saturated rings. The number of ether oxygens (including phenoxy) is 2. The summed E-state index contributed by atoms with van der Waals surface area (Å²) >= 11 is 5.79. The van der Waals surface area contributed by atoms with Crippen LogP contribution in [-0.4, -0.2) is 37.0 Å². The quantitative estimate of drug-likeness (QED) is 0.725. The number of aliphatic hydroxyl groups excluding tert-OH is 1. The molecule has 5 nitrogen and oxygen atoms in total. The summed E-state index contributed by atoms with van der Waals surface area (Å²) in [6.07, 6.45) is 1.17. The molecule has 0 saturated carbocycles. The number of aliphatic hydroxyl groups is 1. The van der Waals surface area contributed by atoms with Crippen molar-refractivity contribution < 1.29 is 14.6 Å². The predicted molar refractivity (Wildman–Crippen MR) is 65.9 cm³/mol. The van der Waals surface area contributed by atoms with Crippen molar-refractivity contribution >= 4 is 17.4 Å². The highest BCUT2D eigenvalue weighted by molar-refractivity contribution is 6.30. The van der Waals surface area contributed by atoms with Crippen molar-refractivity contribution in [3.63, 3.8) is 0 Å². The van der Waals surface area contributed by atoms with Crippen molar-refractivity contribution in [2.75, 3.05) is 32.7 Å². The van der Waals surface area contributed by atoms with Crippen LogP contribution in [0, 0.1) is 0 Å². The normalized spacial score (nSPS) is 12.6. The van der Waals surface area contributed by atoms with E-state index in [1.807, 2.05) is 0 Å². The van der Waals surface area contributed by atoms with Crippen molar-refractivity contribution in [2.24, 2.45) is 0 Å². The number of nitrogens with zero attached hydrogens (tertiary/aromatic N) is 1. The number of hydrogen-bond donors (Lipinski definition) is 2. The van der Waals surface area contributed by atoms with Crippen molar-refractivity contribution in [1.29, 1.82) is 0 Å². The van der Waals surface area contributed by atoms with Gasteiger partial charge in [0.05, 0.1) is 24.3 Å². The van der Waals surface area contributed by atoms with Crippen molar-refractivity contribution in [2.45, 2.75) is 12.5 Å². The number of aromatic nitrogens is 1. The number of pyridine rings is 1. The second-order valence-electron chi connectivity index (χ2n) is 3.54. The summed E-state index contributed by atoms with van der Waals surface area (Å²) < 4.78 is 10.1. The summed E-state index contributed by atoms with van der Waals surface area (Å²) in [5.74, 6) is 0.291. The molecule has 0 radical (unpaired) electrons. The molecule has 1 atom stereocenters. The molecule has 0 aliphatic carbocycles. The molecule has 0 aliphatic rings. The molecule has 0 saturated heterocycles. The third-order valence-electron chi connectivity index (χ3n) is 2.24. The van der Waals surface area contributed by atoms with Gasteiger partial charge in [-0.2, -0.15) is 0 Å². The largest absolute Gasteiger partial charge is 0.388 e. The van der Waals surface area contributed by atoms with Crippen LogP contribution >= 0.6 is 11.6 Å². The monoisotopic (exact) mass is 260 g/mol. The Bertz CT molecular complexity index is 349. The van der Waals surface area contributed by atoms with Gasteiger partial charge >= 0.3 is 0 Å². The number of nitrogens with two attached hydrogens (primary N) is 1. The maximum absolute atomic E-state index is 9.89. The molecular formula is C11H17ClN2O3. The van der Waals surface area contributed by atoms with E-state index in [-0.39, 0.29) is 0 Å². The molecule has 96 valence electrons. The van der Waals surface area contributed by atoms with Crippen LogP contribution in [0.15, 0.2) is 12.3 Å². The van der Waals surface area contributed by atoms with Gasteiger partial charge in [0, 0.05) is 31.9 Å². The minimum atomic E-state index is -0.719. The van der Waals surface area contributed by atoms with E-state index in [1.165, 1.54) is 6.20 Å². The first-order valence-corrected chi connectivity index (χ1v) is 5.68. The standard InChI is InChI=1S/C11H17ClN2O3/c1-16-4-5-17-3-2-10(15)9-6-8(12)7-14-11(9)13/h6-7,10,15H,2-5H2,1H3,(H2,13,14). The van der Waals surface area contributed by atoms with Crippen molar-refractivity contribution in [3.05, 3.63) is 22.8 Å². The number of hydrogen-bond acceptors (Lipinski definition) is 5. The number of rotatable bonds is 7. The highest BCUT2D eigenvalue weighted by atomic mass is 35.5. The predicted octanol–water partition coefficient (Wildman–Crippen LogP) is 1.40. The van der Waals surface area contributed by atoms with Gasteiger partial charge < -0.3 is 20.3 Å². The molecule has 0 aliphatic heterocycles. The average Bonchev–Trinajstić information content (AvgIpc) is 2.32. The molecule has 1 unspecified atom stereocenters. The maximum atomic E-state index is 9.89. The summed E-state index contributed by atoms with van der Waals surface area (Å²) in [5, 5.41) is 10.3. The van der Waals surface area contributed by atoms with Crippen LogP contribution in [0.2, 0.25) is 5.02 Å². The van der Waals surface area contributed by atoms with E-state index < -0.39 is 6.10 Å². The molecule has 0 spiro atoms. The summed E-state index contributed by atoms with van der Waals surface area (Å²) in [4.78, 5) is 3.88. The topological polar surface area (TPSA) is 77.6 Å². The van der Waals surface area contributed by atoms with E-state index in [0.29, 0.717) is 42.6 Å². The Morgan fingerprint density at radius 3 is 2.94 bits per heavy atom. The zero-order valence-electron chi connectivity index (χ0n) is 9.73. The smallest absolute Gasteiger partial charge is 0.129 e. The van der Waals surface area contributed by atoms with E-state index in [1.54, 1.807) is 13.2 Å². The van der Waals surface area contributed by atoms with Crippen LogP contribution in [0.4, 0.5) is 5.82 Å². The molecule has 1 aromatic rings. The van der Waals surface area contributed by atoms with Gasteiger partial charge in [-0.3, -0.25) is 0 Å². The first-order chi connectivity index (χ1) is 8.15. The highest BCUT2D eigenvalue weighted by Crippen LogP contribution is 2.24. The van der Waals surface area contributed by atoms with E-state index in [4.69, 9.17) is 26.8 Å². The SMILES string of the molecule is COCCOCCC(O)c1cc(Cl)cnc1N. The molecule has 0 aromatic carbocycles. The lowest BCUT2D eigenvalue weighted by Gasteiger charge is -2.13. The summed E-state index contributed by atoms with van der Waals surface area (Å²) in [6, 6.07) is 1.61. The molecule has 1 rings (SSSR count). The van der Waals surface area contributed by atoms with Gasteiger partial charge in [-0.05, 0) is 6.07 Å². The highest BCUT2D eigenvalue weighted by Gasteiger charge is 2.12. The van der Waals surface area contributed by atoms with Crippen LogP contribution < -0.4 is 5.73 Å². The second-order valence-corrected chi connectivity index (χ2v) is 3.97. The molecule has 0 amide bonds. The Balaban J connectivity index is 2.41. The van der Waals surface area contributed by atoms with Gasteiger partial charge in [-0.1, -0.05) is 11.6 Å². The Kier molecular flexibility index (Phi) is 6.21. The zero-order chi connectivity index (χ0) is 12.7. The molecule has 0 bridgehead atoms. The molecule has 1 heterocycles. The Hall–Kier alpha value is -0.880. The van der Waals surface area contributed by atoms with Crippen molar-refractivity contribution in [3.8, 4) is 0 Å². The molecule has 3 N–H and O–H groups in total. The first kappa shape index (κ1) is 14.2. The Labute approximate surface area is 106 Å². The first-order valence-electron chi connectivity index (χ1n) is 5.30. The summed E-state index contributed by atoms with van der Waals surface area (Å²) in [6.45, 7) is 1.47. The third-order valence-corrected chi connectivity index (χ3v) is 2.45. The van der Waals surface area contributed by atoms with Crippen LogP contribution in [0.5, 0.6) is 0 Å². The lowest BCUT2D eigenvalue weighted by molar-refractivity contribution is 0.0476. The van der Waals surface area contributed by atoms with E-state index in [2.05, 4.69) is 4.98 Å². The van der Waals surface area contributed by atoms with Gasteiger partial charge in [0.2, 0.25) is 0 Å². The molecule has 6 heteroatoms. The maximum Gasteiger partial charge on any atom is 0.129 e. The van der Waals surface area contributed by atoms with E-state index in [9.17, 15) is 5.11 Å². The van der Waals surface area contributed by atoms with Crippen LogP contribution in [-0.2, 0) is 9.47 Å². The van der Waals surface area contributed by atoms with Gasteiger partial charge in [-0.15, -0.1) is 0 Å². The number of nitrogen functional groups attached to an aromatic ring is 1. The fourth-order valence-electron chi connectivity index (χ4n) is 1.33. The van der Waals surface area contributed by atoms with E-state index >= 15 is 0 Å². The van der Waals surface area contributed by atoms with Gasteiger partial charge in [0.15, 0.2) is 0 Å².